The van der Waals surface area contributed by atoms with Gasteiger partial charge in [-0.1, -0.05) is 0 Å². The van der Waals surface area contributed by atoms with Gasteiger partial charge >= 0.3 is 12.0 Å². The second-order valence-corrected chi connectivity index (χ2v) is 6.23. The number of carbonyl (C=O) groups excluding carboxylic acids is 1. The van der Waals surface area contributed by atoms with Crippen LogP contribution < -0.4 is 5.32 Å². The van der Waals surface area contributed by atoms with E-state index in [9.17, 15) is 14.7 Å². The standard InChI is InChI=1S/C13H16N2O4S/c16-9-5-7-1-2-8(6-9)15(7)13(19)14-11-10(12(17)18)3-4-20-11/h3-4,7-9,16H,1-2,5-6H2,(H,14,19)(H,17,18). The Hall–Kier alpha value is -1.60. The van der Waals surface area contributed by atoms with Crippen molar-refractivity contribution in [2.75, 3.05) is 5.32 Å². The van der Waals surface area contributed by atoms with Crippen molar-refractivity contribution in [1.29, 1.82) is 0 Å². The maximum absolute atomic E-state index is 12.4. The number of fused-ring (bicyclic) bond motifs is 2. The molecule has 7 heteroatoms. The Morgan fingerprint density at radius 2 is 1.95 bits per heavy atom. The van der Waals surface area contributed by atoms with Crippen molar-refractivity contribution in [1.82, 2.24) is 4.90 Å². The lowest BCUT2D eigenvalue weighted by Crippen LogP contribution is -2.49. The first-order valence-corrected chi connectivity index (χ1v) is 7.52. The molecule has 2 atom stereocenters. The Morgan fingerprint density at radius 1 is 1.30 bits per heavy atom. The molecule has 2 saturated heterocycles. The van der Waals surface area contributed by atoms with Gasteiger partial charge in [-0.25, -0.2) is 9.59 Å². The van der Waals surface area contributed by atoms with Crippen LogP contribution >= 0.6 is 11.3 Å². The first-order valence-electron chi connectivity index (χ1n) is 6.64. The predicted octanol–water partition coefficient (Wildman–Crippen LogP) is 1.97. The van der Waals surface area contributed by atoms with E-state index in [4.69, 9.17) is 5.11 Å². The summed E-state index contributed by atoms with van der Waals surface area (Å²) < 4.78 is 0. The van der Waals surface area contributed by atoms with E-state index in [1.807, 2.05) is 0 Å². The molecule has 1 aromatic rings. The number of hydrogen-bond donors (Lipinski definition) is 3. The van der Waals surface area contributed by atoms with Gasteiger partial charge in [0, 0.05) is 12.1 Å². The summed E-state index contributed by atoms with van der Waals surface area (Å²) >= 11 is 1.20. The predicted molar refractivity (Wildman–Crippen MR) is 74.2 cm³/mol. The molecule has 2 aliphatic heterocycles. The molecule has 0 radical (unpaired) electrons. The first kappa shape index (κ1) is 13.4. The van der Waals surface area contributed by atoms with Gasteiger partial charge in [0.25, 0.3) is 0 Å². The highest BCUT2D eigenvalue weighted by atomic mass is 32.1. The van der Waals surface area contributed by atoms with Crippen LogP contribution in [-0.4, -0.2) is 45.3 Å². The summed E-state index contributed by atoms with van der Waals surface area (Å²) in [5.41, 5.74) is 0.118. The van der Waals surface area contributed by atoms with Crippen LogP contribution in [0.5, 0.6) is 0 Å². The summed E-state index contributed by atoms with van der Waals surface area (Å²) in [6, 6.07) is 1.36. The Kier molecular flexibility index (Phi) is 3.39. The van der Waals surface area contributed by atoms with E-state index in [1.165, 1.54) is 17.4 Å². The summed E-state index contributed by atoms with van der Waals surface area (Å²) in [5.74, 6) is -1.04. The monoisotopic (exact) mass is 296 g/mol. The van der Waals surface area contributed by atoms with Gasteiger partial charge in [-0.3, -0.25) is 5.32 Å². The topological polar surface area (TPSA) is 89.9 Å². The molecule has 3 heterocycles. The maximum Gasteiger partial charge on any atom is 0.338 e. The van der Waals surface area contributed by atoms with E-state index in [-0.39, 0.29) is 29.8 Å². The Bertz CT molecular complexity index is 530. The number of nitrogens with zero attached hydrogens (tertiary/aromatic N) is 1. The van der Waals surface area contributed by atoms with Gasteiger partial charge in [0.15, 0.2) is 0 Å². The van der Waals surface area contributed by atoms with Crippen molar-refractivity contribution < 1.29 is 19.8 Å². The molecule has 2 amide bonds. The molecule has 0 spiro atoms. The van der Waals surface area contributed by atoms with Gasteiger partial charge in [-0.2, -0.15) is 0 Å². The molecule has 2 bridgehead atoms. The number of aliphatic hydroxyl groups is 1. The van der Waals surface area contributed by atoms with Crippen LogP contribution in [0.4, 0.5) is 9.80 Å². The average molecular weight is 296 g/mol. The minimum absolute atomic E-state index is 0.0667. The SMILES string of the molecule is O=C(O)c1ccsc1NC(=O)N1C2CCC1CC(O)C2. The van der Waals surface area contributed by atoms with Gasteiger partial charge < -0.3 is 15.1 Å². The lowest BCUT2D eigenvalue weighted by molar-refractivity contribution is 0.0580. The summed E-state index contributed by atoms with van der Waals surface area (Å²) in [6.07, 6.45) is 2.71. The summed E-state index contributed by atoms with van der Waals surface area (Å²) in [4.78, 5) is 25.2. The number of hydrogen-bond acceptors (Lipinski definition) is 4. The third-order valence-electron chi connectivity index (χ3n) is 4.06. The zero-order chi connectivity index (χ0) is 14.3. The summed E-state index contributed by atoms with van der Waals surface area (Å²) in [6.45, 7) is 0. The van der Waals surface area contributed by atoms with Crippen LogP contribution in [0.25, 0.3) is 0 Å². The van der Waals surface area contributed by atoms with Crippen LogP contribution in [0, 0.1) is 0 Å². The number of carboxylic acids is 1. The minimum atomic E-state index is -1.04. The van der Waals surface area contributed by atoms with Crippen LogP contribution in [0.2, 0.25) is 0 Å². The number of urea groups is 1. The van der Waals surface area contributed by atoms with E-state index in [2.05, 4.69) is 5.32 Å². The highest BCUT2D eigenvalue weighted by Crippen LogP contribution is 2.36. The lowest BCUT2D eigenvalue weighted by Gasteiger charge is -2.36. The lowest BCUT2D eigenvalue weighted by atomic mass is 10.0. The second-order valence-electron chi connectivity index (χ2n) is 5.32. The molecular weight excluding hydrogens is 280 g/mol. The molecule has 0 saturated carbocycles. The van der Waals surface area contributed by atoms with E-state index in [0.29, 0.717) is 17.8 Å². The van der Waals surface area contributed by atoms with Crippen molar-refractivity contribution in [3.63, 3.8) is 0 Å². The van der Waals surface area contributed by atoms with Crippen molar-refractivity contribution >= 4 is 28.3 Å². The number of aliphatic hydroxyl groups excluding tert-OH is 1. The molecule has 108 valence electrons. The molecule has 2 aliphatic rings. The number of anilines is 1. The first-order chi connectivity index (χ1) is 9.56. The molecule has 3 rings (SSSR count). The number of rotatable bonds is 2. The number of carbonyl (C=O) groups is 2. The molecular formula is C13H16N2O4S. The summed E-state index contributed by atoms with van der Waals surface area (Å²) in [7, 11) is 0. The fraction of sp³-hybridized carbons (Fsp3) is 0.538. The number of nitrogens with one attached hydrogen (secondary N) is 1. The van der Waals surface area contributed by atoms with Crippen LogP contribution in [0.15, 0.2) is 11.4 Å². The molecule has 2 fully saturated rings. The zero-order valence-electron chi connectivity index (χ0n) is 10.8. The third kappa shape index (κ3) is 2.27. The second kappa shape index (κ2) is 5.06. The van der Waals surface area contributed by atoms with E-state index < -0.39 is 5.97 Å². The normalized spacial score (nSPS) is 28.4. The minimum Gasteiger partial charge on any atom is -0.478 e. The van der Waals surface area contributed by atoms with Gasteiger partial charge in [0.05, 0.1) is 11.7 Å². The van der Waals surface area contributed by atoms with Crippen molar-refractivity contribution in [2.45, 2.75) is 43.9 Å². The van der Waals surface area contributed by atoms with Crippen LogP contribution in [0.3, 0.4) is 0 Å². The number of aromatic carboxylic acids is 1. The van der Waals surface area contributed by atoms with E-state index >= 15 is 0 Å². The van der Waals surface area contributed by atoms with Gasteiger partial charge in [-0.15, -0.1) is 11.3 Å². The smallest absolute Gasteiger partial charge is 0.338 e. The average Bonchev–Trinajstić information content (AvgIpc) is 2.93. The Labute approximate surface area is 120 Å². The fourth-order valence-electron chi connectivity index (χ4n) is 3.22. The van der Waals surface area contributed by atoms with Gasteiger partial charge in [-0.05, 0) is 37.1 Å². The maximum atomic E-state index is 12.4. The molecule has 20 heavy (non-hydrogen) atoms. The molecule has 0 aliphatic carbocycles. The zero-order valence-corrected chi connectivity index (χ0v) is 11.6. The van der Waals surface area contributed by atoms with Crippen molar-refractivity contribution in [3.05, 3.63) is 17.0 Å². The Balaban J connectivity index is 1.74. The molecule has 6 nitrogen and oxygen atoms in total. The largest absolute Gasteiger partial charge is 0.478 e. The molecule has 3 N–H and O–H groups in total. The number of carboxylic acid groups (broad SMARTS) is 1. The van der Waals surface area contributed by atoms with E-state index in [1.54, 1.807) is 10.3 Å². The number of amides is 2. The highest BCUT2D eigenvalue weighted by Gasteiger charge is 2.43. The van der Waals surface area contributed by atoms with Crippen molar-refractivity contribution in [2.24, 2.45) is 0 Å². The molecule has 2 unspecified atom stereocenters. The highest BCUT2D eigenvalue weighted by molar-refractivity contribution is 7.14. The third-order valence-corrected chi connectivity index (χ3v) is 4.89. The Morgan fingerprint density at radius 3 is 2.55 bits per heavy atom. The quantitative estimate of drug-likeness (QED) is 0.778. The number of thiophene rings is 1. The fourth-order valence-corrected chi connectivity index (χ4v) is 3.98. The molecule has 1 aromatic heterocycles. The van der Waals surface area contributed by atoms with Gasteiger partial charge in [0.2, 0.25) is 0 Å². The van der Waals surface area contributed by atoms with E-state index in [0.717, 1.165) is 12.8 Å². The van der Waals surface area contributed by atoms with Crippen molar-refractivity contribution in [3.8, 4) is 0 Å². The van der Waals surface area contributed by atoms with Gasteiger partial charge in [0.1, 0.15) is 5.00 Å². The van der Waals surface area contributed by atoms with Crippen LogP contribution in [0.1, 0.15) is 36.0 Å². The number of piperidine rings is 1. The van der Waals surface area contributed by atoms with Crippen LogP contribution in [-0.2, 0) is 0 Å². The summed E-state index contributed by atoms with van der Waals surface area (Å²) in [5, 5.41) is 23.5. The molecule has 0 aromatic carbocycles.